The molecule has 0 saturated heterocycles. The van der Waals surface area contributed by atoms with Crippen molar-refractivity contribution in [2.45, 2.75) is 19.0 Å². The molecule has 2 aromatic carbocycles. The van der Waals surface area contributed by atoms with Crippen molar-refractivity contribution in [3.63, 3.8) is 0 Å². The average Bonchev–Trinajstić information content (AvgIpc) is 2.89. The molecule has 28 heavy (non-hydrogen) atoms. The maximum Gasteiger partial charge on any atom is 0.211 e. The molecule has 1 N–H and O–H groups in total. The topological polar surface area (TPSA) is 62.3 Å². The summed E-state index contributed by atoms with van der Waals surface area (Å²) in [6, 6.07) is 20.0. The van der Waals surface area contributed by atoms with Crippen LogP contribution in [-0.4, -0.2) is 36.5 Å². The summed E-state index contributed by atoms with van der Waals surface area (Å²) < 4.78 is 26.8. The highest BCUT2D eigenvalue weighted by atomic mass is 32.2. The van der Waals surface area contributed by atoms with Crippen LogP contribution in [0.15, 0.2) is 73.1 Å². The van der Waals surface area contributed by atoms with Crippen LogP contribution in [0.2, 0.25) is 0 Å². The number of benzene rings is 2. The van der Waals surface area contributed by atoms with E-state index in [9.17, 15) is 8.42 Å². The van der Waals surface area contributed by atoms with Crippen molar-refractivity contribution in [2.24, 2.45) is 0 Å². The molecule has 0 spiro atoms. The van der Waals surface area contributed by atoms with Gasteiger partial charge in [-0.25, -0.2) is 8.42 Å². The van der Waals surface area contributed by atoms with E-state index in [4.69, 9.17) is 0 Å². The van der Waals surface area contributed by atoms with Gasteiger partial charge >= 0.3 is 0 Å². The minimum absolute atomic E-state index is 0.174. The maximum absolute atomic E-state index is 12.6. The molecule has 1 aliphatic heterocycles. The highest BCUT2D eigenvalue weighted by Crippen LogP contribution is 2.30. The molecule has 0 fully saturated rings. The van der Waals surface area contributed by atoms with Crippen LogP contribution in [0.4, 0.5) is 5.69 Å². The van der Waals surface area contributed by atoms with Gasteiger partial charge in [0.25, 0.3) is 0 Å². The summed E-state index contributed by atoms with van der Waals surface area (Å²) in [5.41, 5.74) is 5.20. The summed E-state index contributed by atoms with van der Waals surface area (Å²) in [5, 5.41) is 3.45. The molecule has 144 valence electrons. The molecule has 0 radical (unpaired) electrons. The first-order chi connectivity index (χ1) is 13.5. The number of nitrogens with zero attached hydrogens (tertiary/aromatic N) is 2. The lowest BCUT2D eigenvalue weighted by Gasteiger charge is -2.27. The van der Waals surface area contributed by atoms with Gasteiger partial charge in [0.05, 0.1) is 6.26 Å². The Morgan fingerprint density at radius 3 is 2.61 bits per heavy atom. The minimum Gasteiger partial charge on any atom is -0.383 e. The van der Waals surface area contributed by atoms with Gasteiger partial charge < -0.3 is 5.32 Å². The monoisotopic (exact) mass is 393 g/mol. The van der Waals surface area contributed by atoms with Gasteiger partial charge in [0, 0.05) is 37.2 Å². The third-order valence-corrected chi connectivity index (χ3v) is 6.37. The fourth-order valence-electron chi connectivity index (χ4n) is 3.69. The zero-order chi connectivity index (χ0) is 19.6. The number of sulfonamides is 1. The molecule has 1 aromatic heterocycles. The Hall–Kier alpha value is -2.70. The van der Waals surface area contributed by atoms with Gasteiger partial charge in [-0.05, 0) is 46.9 Å². The molecular formula is C22H23N3O2S. The first-order valence-electron chi connectivity index (χ1n) is 9.28. The fourth-order valence-corrected chi connectivity index (χ4v) is 4.75. The van der Waals surface area contributed by atoms with Crippen molar-refractivity contribution in [3.8, 4) is 11.1 Å². The second kappa shape index (κ2) is 7.73. The third-order valence-electron chi connectivity index (χ3n) is 5.09. The van der Waals surface area contributed by atoms with E-state index in [1.807, 2.05) is 36.4 Å². The van der Waals surface area contributed by atoms with E-state index in [1.54, 1.807) is 16.7 Å². The van der Waals surface area contributed by atoms with Gasteiger partial charge in [-0.15, -0.1) is 0 Å². The van der Waals surface area contributed by atoms with Crippen LogP contribution in [0, 0.1) is 0 Å². The van der Waals surface area contributed by atoms with Crippen molar-refractivity contribution in [1.82, 2.24) is 9.29 Å². The molecule has 6 heteroatoms. The molecule has 1 unspecified atom stereocenters. The number of aromatic nitrogens is 1. The lowest BCUT2D eigenvalue weighted by molar-refractivity contribution is 0.328. The van der Waals surface area contributed by atoms with Crippen LogP contribution in [0.1, 0.15) is 11.1 Å². The van der Waals surface area contributed by atoms with Crippen molar-refractivity contribution in [2.75, 3.05) is 18.1 Å². The Labute approximate surface area is 166 Å². The zero-order valence-electron chi connectivity index (χ0n) is 15.7. The Kier molecular flexibility index (Phi) is 5.15. The Bertz CT molecular complexity index is 1050. The molecule has 5 nitrogen and oxygen atoms in total. The van der Waals surface area contributed by atoms with Crippen LogP contribution in [0.3, 0.4) is 0 Å². The van der Waals surface area contributed by atoms with Gasteiger partial charge in [0.2, 0.25) is 10.0 Å². The second-order valence-electron chi connectivity index (χ2n) is 7.15. The molecule has 3 aromatic rings. The summed E-state index contributed by atoms with van der Waals surface area (Å²) in [6.07, 6.45) is 5.43. The van der Waals surface area contributed by atoms with Crippen LogP contribution >= 0.6 is 0 Å². The lowest BCUT2D eigenvalue weighted by Crippen LogP contribution is -2.42. The first kappa shape index (κ1) is 18.7. The molecule has 0 aliphatic carbocycles. The van der Waals surface area contributed by atoms with E-state index in [2.05, 4.69) is 34.6 Å². The number of hydrogen-bond donors (Lipinski definition) is 1. The fraction of sp³-hybridized carbons (Fsp3) is 0.227. The first-order valence-corrected chi connectivity index (χ1v) is 11.1. The molecule has 0 saturated carbocycles. The van der Waals surface area contributed by atoms with Crippen molar-refractivity contribution in [3.05, 3.63) is 84.2 Å². The Morgan fingerprint density at radius 2 is 1.89 bits per heavy atom. The quantitative estimate of drug-likeness (QED) is 0.736. The molecule has 4 rings (SSSR count). The number of rotatable bonds is 4. The molecular weight excluding hydrogens is 370 g/mol. The number of nitrogens with one attached hydrogen (secondary N) is 1. The number of hydrogen-bond acceptors (Lipinski definition) is 4. The van der Waals surface area contributed by atoms with E-state index in [0.717, 1.165) is 27.9 Å². The normalized spacial score (nSPS) is 17.4. The molecule has 0 bridgehead atoms. The van der Waals surface area contributed by atoms with Gasteiger partial charge in [0.1, 0.15) is 0 Å². The lowest BCUT2D eigenvalue weighted by atomic mass is 10.0. The van der Waals surface area contributed by atoms with Crippen LogP contribution in [0.25, 0.3) is 11.1 Å². The van der Waals surface area contributed by atoms with Gasteiger partial charge in [0.15, 0.2) is 0 Å². The van der Waals surface area contributed by atoms with Crippen molar-refractivity contribution >= 4 is 15.7 Å². The van der Waals surface area contributed by atoms with Gasteiger partial charge in [-0.2, -0.15) is 4.31 Å². The van der Waals surface area contributed by atoms with E-state index in [-0.39, 0.29) is 6.04 Å². The van der Waals surface area contributed by atoms with Crippen LogP contribution < -0.4 is 5.32 Å². The standard InChI is InChI=1S/C22H23N3O2S/c1-28(26,27)25-16-20-13-19(18-7-3-2-4-8-18)9-10-22(20)24-15-21(25)12-17-6-5-11-23-14-17/h2-11,13-14,21,24H,12,15-16H2,1H3. The molecule has 0 amide bonds. The Morgan fingerprint density at radius 1 is 1.07 bits per heavy atom. The Balaban J connectivity index is 1.68. The molecule has 2 heterocycles. The highest BCUT2D eigenvalue weighted by Gasteiger charge is 2.30. The third kappa shape index (κ3) is 4.08. The van der Waals surface area contributed by atoms with Crippen LogP contribution in [-0.2, 0) is 23.0 Å². The van der Waals surface area contributed by atoms with Gasteiger partial charge in [-0.1, -0.05) is 42.5 Å². The summed E-state index contributed by atoms with van der Waals surface area (Å²) in [7, 11) is -3.37. The minimum atomic E-state index is -3.37. The van der Waals surface area contributed by atoms with E-state index in [1.165, 1.54) is 6.26 Å². The number of fused-ring (bicyclic) bond motifs is 1. The highest BCUT2D eigenvalue weighted by molar-refractivity contribution is 7.88. The average molecular weight is 394 g/mol. The van der Waals surface area contributed by atoms with E-state index < -0.39 is 10.0 Å². The maximum atomic E-state index is 12.6. The molecule has 1 atom stereocenters. The SMILES string of the molecule is CS(=O)(=O)N1Cc2cc(-c3ccccc3)ccc2NCC1Cc1cccnc1. The summed E-state index contributed by atoms with van der Waals surface area (Å²) in [4.78, 5) is 4.16. The van der Waals surface area contributed by atoms with E-state index >= 15 is 0 Å². The zero-order valence-corrected chi connectivity index (χ0v) is 16.6. The number of pyridine rings is 1. The van der Waals surface area contributed by atoms with E-state index in [0.29, 0.717) is 19.5 Å². The summed E-state index contributed by atoms with van der Waals surface area (Å²) >= 11 is 0. The predicted molar refractivity (Wildman–Crippen MR) is 112 cm³/mol. The second-order valence-corrected chi connectivity index (χ2v) is 9.08. The van der Waals surface area contributed by atoms with Crippen molar-refractivity contribution in [1.29, 1.82) is 0 Å². The smallest absolute Gasteiger partial charge is 0.211 e. The number of anilines is 1. The van der Waals surface area contributed by atoms with Gasteiger partial charge in [-0.3, -0.25) is 4.98 Å². The van der Waals surface area contributed by atoms with Crippen molar-refractivity contribution < 1.29 is 8.42 Å². The van der Waals surface area contributed by atoms with Crippen LogP contribution in [0.5, 0.6) is 0 Å². The molecule has 1 aliphatic rings. The summed E-state index contributed by atoms with van der Waals surface area (Å²) in [5.74, 6) is 0. The summed E-state index contributed by atoms with van der Waals surface area (Å²) in [6.45, 7) is 0.909. The predicted octanol–water partition coefficient (Wildman–Crippen LogP) is 3.55. The largest absolute Gasteiger partial charge is 0.383 e.